The Morgan fingerprint density at radius 1 is 1.44 bits per heavy atom. The van der Waals surface area contributed by atoms with E-state index in [-0.39, 0.29) is 24.3 Å². The highest BCUT2D eigenvalue weighted by Crippen LogP contribution is 2.24. The van der Waals surface area contributed by atoms with Gasteiger partial charge >= 0.3 is 0 Å². The number of hydrogen-bond acceptors (Lipinski definition) is 4. The number of benzene rings is 1. The van der Waals surface area contributed by atoms with Crippen LogP contribution in [0.5, 0.6) is 0 Å². The first kappa shape index (κ1) is 18.2. The number of aromatic amines is 1. The molecule has 0 spiro atoms. The van der Waals surface area contributed by atoms with E-state index in [0.29, 0.717) is 29.7 Å². The minimum atomic E-state index is -0.490. The van der Waals surface area contributed by atoms with Gasteiger partial charge in [0, 0.05) is 19.0 Å². The highest BCUT2D eigenvalue weighted by atomic mass is 16.2. The first-order chi connectivity index (χ1) is 13.0. The molecule has 1 aliphatic rings. The fourth-order valence-electron chi connectivity index (χ4n) is 3.37. The maximum absolute atomic E-state index is 12.7. The maximum Gasteiger partial charge on any atom is 0.270 e. The number of nitrogens with zero attached hydrogens (tertiary/aromatic N) is 4. The van der Waals surface area contributed by atoms with E-state index in [1.807, 2.05) is 6.07 Å². The molecule has 1 aromatic carbocycles. The lowest BCUT2D eigenvalue weighted by Crippen LogP contribution is -2.43. The van der Waals surface area contributed by atoms with Gasteiger partial charge in [-0.2, -0.15) is 10.5 Å². The number of fused-ring (bicyclic) bond motifs is 1. The molecule has 1 aliphatic heterocycles. The summed E-state index contributed by atoms with van der Waals surface area (Å²) in [5.74, 6) is -0.523. The van der Waals surface area contributed by atoms with Crippen LogP contribution in [0.25, 0.3) is 10.9 Å². The first-order valence-corrected chi connectivity index (χ1v) is 8.57. The van der Waals surface area contributed by atoms with Crippen LogP contribution in [-0.2, 0) is 4.79 Å². The van der Waals surface area contributed by atoms with Crippen molar-refractivity contribution in [1.82, 2.24) is 14.8 Å². The number of hydrogen-bond donors (Lipinski definition) is 1. The summed E-state index contributed by atoms with van der Waals surface area (Å²) in [5.41, 5.74) is 1.36. The number of nitrogens with one attached hydrogen (secondary N) is 1. The summed E-state index contributed by atoms with van der Waals surface area (Å²) in [6, 6.07) is 10.6. The lowest BCUT2D eigenvalue weighted by Gasteiger charge is -2.23. The van der Waals surface area contributed by atoms with Gasteiger partial charge in [0.2, 0.25) is 5.91 Å². The molecular formula is C20H19N5O2. The van der Waals surface area contributed by atoms with Crippen molar-refractivity contribution >= 4 is 22.7 Å². The molecule has 1 saturated heterocycles. The Bertz CT molecular complexity index is 994. The second-order valence-electron chi connectivity index (χ2n) is 6.65. The van der Waals surface area contributed by atoms with Gasteiger partial charge in [0.15, 0.2) is 0 Å². The zero-order chi connectivity index (χ0) is 19.6. The van der Waals surface area contributed by atoms with Crippen molar-refractivity contribution in [3.8, 4) is 12.1 Å². The number of amides is 2. The maximum atomic E-state index is 12.7. The minimum absolute atomic E-state index is 0.0951. The number of nitriles is 2. The van der Waals surface area contributed by atoms with Crippen molar-refractivity contribution in [3.63, 3.8) is 0 Å². The van der Waals surface area contributed by atoms with Crippen LogP contribution >= 0.6 is 0 Å². The molecule has 0 aliphatic carbocycles. The molecule has 2 heterocycles. The topological polar surface area (TPSA) is 104 Å². The third kappa shape index (κ3) is 3.40. The van der Waals surface area contributed by atoms with Crippen LogP contribution in [0.15, 0.2) is 36.9 Å². The molecule has 0 radical (unpaired) electrons. The summed E-state index contributed by atoms with van der Waals surface area (Å²) >= 11 is 0. The lowest BCUT2D eigenvalue weighted by atomic mass is 10.1. The van der Waals surface area contributed by atoms with Crippen LogP contribution in [0.3, 0.4) is 0 Å². The van der Waals surface area contributed by atoms with Crippen LogP contribution in [0.4, 0.5) is 0 Å². The number of aromatic nitrogens is 1. The SMILES string of the molecule is C=CC1CC(C#N)N(C(=O)CN(C)C(=O)c2cc3cccc(C#N)c3[nH]2)C1. The summed E-state index contributed by atoms with van der Waals surface area (Å²) in [5, 5.41) is 19.2. The van der Waals surface area contributed by atoms with E-state index in [1.165, 1.54) is 9.80 Å². The number of H-pyrrole nitrogens is 1. The molecule has 7 heteroatoms. The number of carbonyl (C=O) groups excluding carboxylic acids is 2. The third-order valence-corrected chi connectivity index (χ3v) is 4.86. The van der Waals surface area contributed by atoms with Crippen molar-refractivity contribution in [2.75, 3.05) is 20.1 Å². The molecular weight excluding hydrogens is 342 g/mol. The quantitative estimate of drug-likeness (QED) is 0.841. The average Bonchev–Trinajstić information content (AvgIpc) is 3.30. The van der Waals surface area contributed by atoms with Crippen LogP contribution in [0.2, 0.25) is 0 Å². The van der Waals surface area contributed by atoms with Gasteiger partial charge < -0.3 is 14.8 Å². The summed E-state index contributed by atoms with van der Waals surface area (Å²) in [6.45, 7) is 4.05. The van der Waals surface area contributed by atoms with Crippen LogP contribution in [-0.4, -0.2) is 52.8 Å². The smallest absolute Gasteiger partial charge is 0.270 e. The number of carbonyl (C=O) groups is 2. The molecule has 1 N–H and O–H groups in total. The van der Waals surface area contributed by atoms with Crippen LogP contribution in [0.1, 0.15) is 22.5 Å². The fourth-order valence-corrected chi connectivity index (χ4v) is 3.37. The van der Waals surface area contributed by atoms with Gasteiger partial charge in [-0.05, 0) is 24.5 Å². The summed E-state index contributed by atoms with van der Waals surface area (Å²) in [6.07, 6.45) is 2.33. The van der Waals surface area contributed by atoms with Crippen molar-refractivity contribution in [2.45, 2.75) is 12.5 Å². The normalized spacial score (nSPS) is 18.7. The minimum Gasteiger partial charge on any atom is -0.349 e. The summed E-state index contributed by atoms with van der Waals surface area (Å²) < 4.78 is 0. The van der Waals surface area contributed by atoms with Crippen molar-refractivity contribution < 1.29 is 9.59 Å². The molecule has 3 rings (SSSR count). The predicted octanol–water partition coefficient (Wildman–Crippen LogP) is 2.04. The Morgan fingerprint density at radius 3 is 2.89 bits per heavy atom. The van der Waals surface area contributed by atoms with E-state index in [4.69, 9.17) is 0 Å². The molecule has 2 amide bonds. The third-order valence-electron chi connectivity index (χ3n) is 4.86. The molecule has 0 saturated carbocycles. The van der Waals surface area contributed by atoms with Gasteiger partial charge in [-0.15, -0.1) is 6.58 Å². The Balaban J connectivity index is 1.74. The molecule has 2 aromatic rings. The highest BCUT2D eigenvalue weighted by Gasteiger charge is 2.34. The fraction of sp³-hybridized carbons (Fsp3) is 0.300. The zero-order valence-electron chi connectivity index (χ0n) is 15.0. The van der Waals surface area contributed by atoms with Crippen molar-refractivity contribution in [1.29, 1.82) is 10.5 Å². The monoisotopic (exact) mass is 361 g/mol. The Morgan fingerprint density at radius 2 is 2.22 bits per heavy atom. The molecule has 1 fully saturated rings. The predicted molar refractivity (Wildman–Crippen MR) is 99.4 cm³/mol. The van der Waals surface area contributed by atoms with E-state index in [1.54, 1.807) is 31.3 Å². The number of para-hydroxylation sites is 1. The average molecular weight is 361 g/mol. The van der Waals surface area contributed by atoms with Crippen molar-refractivity contribution in [2.24, 2.45) is 5.92 Å². The van der Waals surface area contributed by atoms with Gasteiger partial charge in [-0.3, -0.25) is 9.59 Å². The molecule has 7 nitrogen and oxygen atoms in total. The van der Waals surface area contributed by atoms with Gasteiger partial charge in [-0.25, -0.2) is 0 Å². The van der Waals surface area contributed by atoms with E-state index < -0.39 is 6.04 Å². The molecule has 27 heavy (non-hydrogen) atoms. The second-order valence-corrected chi connectivity index (χ2v) is 6.65. The zero-order valence-corrected chi connectivity index (χ0v) is 15.0. The highest BCUT2D eigenvalue weighted by molar-refractivity contribution is 6.00. The largest absolute Gasteiger partial charge is 0.349 e. The summed E-state index contributed by atoms with van der Waals surface area (Å²) in [7, 11) is 1.54. The molecule has 136 valence electrons. The van der Waals surface area contributed by atoms with E-state index >= 15 is 0 Å². The Kier molecular flexibility index (Phi) is 4.96. The van der Waals surface area contributed by atoms with Gasteiger partial charge in [0.1, 0.15) is 17.8 Å². The number of likely N-dealkylation sites (N-methyl/N-ethyl adjacent to an activating group) is 1. The Hall–Kier alpha value is -3.58. The first-order valence-electron chi connectivity index (χ1n) is 8.57. The molecule has 0 bridgehead atoms. The van der Waals surface area contributed by atoms with Gasteiger partial charge in [-0.1, -0.05) is 18.2 Å². The molecule has 2 atom stereocenters. The summed E-state index contributed by atoms with van der Waals surface area (Å²) in [4.78, 5) is 31.1. The Labute approximate surface area is 157 Å². The van der Waals surface area contributed by atoms with E-state index in [2.05, 4.69) is 23.7 Å². The number of rotatable bonds is 4. The molecule has 2 unspecified atom stereocenters. The number of likely N-dealkylation sites (tertiary alicyclic amines) is 1. The standard InChI is InChI=1S/C20H19N5O2/c1-3-13-7-16(10-22)25(11-13)18(26)12-24(2)20(27)17-8-14-5-4-6-15(9-21)19(14)23-17/h3-6,8,13,16,23H,1,7,11-12H2,2H3. The van der Waals surface area contributed by atoms with E-state index in [0.717, 1.165) is 5.39 Å². The van der Waals surface area contributed by atoms with Gasteiger partial charge in [0.25, 0.3) is 5.91 Å². The van der Waals surface area contributed by atoms with Crippen LogP contribution in [0, 0.1) is 28.6 Å². The van der Waals surface area contributed by atoms with E-state index in [9.17, 15) is 20.1 Å². The van der Waals surface area contributed by atoms with Crippen molar-refractivity contribution in [3.05, 3.63) is 48.2 Å². The molecule has 1 aromatic heterocycles. The second kappa shape index (κ2) is 7.35. The van der Waals surface area contributed by atoms with Gasteiger partial charge in [0.05, 0.1) is 23.7 Å². The van der Waals surface area contributed by atoms with Crippen LogP contribution < -0.4 is 0 Å². The lowest BCUT2D eigenvalue weighted by molar-refractivity contribution is -0.131.